The summed E-state index contributed by atoms with van der Waals surface area (Å²) >= 11 is 0. The van der Waals surface area contributed by atoms with Crippen molar-refractivity contribution in [1.29, 1.82) is 0 Å². The summed E-state index contributed by atoms with van der Waals surface area (Å²) < 4.78 is 7.50. The maximum Gasteiger partial charge on any atom is 0.143 e. The van der Waals surface area contributed by atoms with E-state index >= 15 is 0 Å². The van der Waals surface area contributed by atoms with Gasteiger partial charge in [-0.25, -0.2) is 15.0 Å². The molecule has 0 bridgehead atoms. The number of hydrogen-bond acceptors (Lipinski definition) is 5. The van der Waals surface area contributed by atoms with Crippen molar-refractivity contribution in [2.75, 3.05) is 13.7 Å². The number of rotatable bonds is 7. The number of aromatic nitrogens is 4. The van der Waals surface area contributed by atoms with Crippen LogP contribution in [0.1, 0.15) is 29.2 Å². The van der Waals surface area contributed by atoms with Gasteiger partial charge in [0.05, 0.1) is 24.8 Å². The minimum atomic E-state index is 0.172. The summed E-state index contributed by atoms with van der Waals surface area (Å²) in [5.74, 6) is 1.55. The molecule has 0 fully saturated rings. The minimum Gasteiger partial charge on any atom is -0.495 e. The second-order valence-electron chi connectivity index (χ2n) is 5.90. The average Bonchev–Trinajstić information content (AvgIpc) is 3.06. The first-order valence-electron chi connectivity index (χ1n) is 8.29. The predicted octanol–water partition coefficient (Wildman–Crippen LogP) is 2.50. The monoisotopic (exact) mass is 338 g/mol. The molecule has 0 unspecified atom stereocenters. The average molecular weight is 338 g/mol. The lowest BCUT2D eigenvalue weighted by atomic mass is 10.1. The molecule has 1 aromatic carbocycles. The van der Waals surface area contributed by atoms with Crippen LogP contribution in [0, 0.1) is 6.92 Å². The van der Waals surface area contributed by atoms with Gasteiger partial charge in [-0.1, -0.05) is 6.07 Å². The van der Waals surface area contributed by atoms with Gasteiger partial charge in [0.15, 0.2) is 0 Å². The molecule has 25 heavy (non-hydrogen) atoms. The molecule has 3 aromatic rings. The standard InChI is InChI=1S/C19H22N4O2/c1-14-12-23(13-21-14)17-6-5-15(10-18(17)25-2)11-19-20-8-7-16(22-19)4-3-9-24/h5-8,10,12-13,24H,3-4,9,11H2,1-2H3. The number of methoxy groups -OCH3 is 1. The van der Waals surface area contributed by atoms with Gasteiger partial charge in [0, 0.05) is 31.1 Å². The highest BCUT2D eigenvalue weighted by Crippen LogP contribution is 2.25. The number of aliphatic hydroxyl groups is 1. The van der Waals surface area contributed by atoms with Crippen molar-refractivity contribution in [3.8, 4) is 11.4 Å². The quantitative estimate of drug-likeness (QED) is 0.716. The molecule has 0 saturated carbocycles. The van der Waals surface area contributed by atoms with E-state index < -0.39 is 0 Å². The predicted molar refractivity (Wildman–Crippen MR) is 95.1 cm³/mol. The van der Waals surface area contributed by atoms with Crippen LogP contribution < -0.4 is 4.74 Å². The molecule has 1 N–H and O–H groups in total. The second-order valence-corrected chi connectivity index (χ2v) is 5.90. The van der Waals surface area contributed by atoms with Crippen molar-refractivity contribution in [3.05, 3.63) is 65.8 Å². The van der Waals surface area contributed by atoms with Gasteiger partial charge in [-0.3, -0.25) is 0 Å². The highest BCUT2D eigenvalue weighted by atomic mass is 16.5. The zero-order valence-electron chi connectivity index (χ0n) is 14.5. The van der Waals surface area contributed by atoms with E-state index in [9.17, 15) is 0 Å². The van der Waals surface area contributed by atoms with Crippen LogP contribution in [0.5, 0.6) is 5.75 Å². The van der Waals surface area contributed by atoms with Crippen LogP contribution >= 0.6 is 0 Å². The first-order valence-corrected chi connectivity index (χ1v) is 8.29. The Morgan fingerprint density at radius 1 is 1.20 bits per heavy atom. The van der Waals surface area contributed by atoms with E-state index in [1.54, 1.807) is 19.6 Å². The second kappa shape index (κ2) is 7.90. The Morgan fingerprint density at radius 3 is 2.80 bits per heavy atom. The molecule has 3 rings (SSSR count). The number of aliphatic hydroxyl groups excluding tert-OH is 1. The van der Waals surface area contributed by atoms with Crippen LogP contribution in [0.25, 0.3) is 5.69 Å². The van der Waals surface area contributed by atoms with E-state index in [1.807, 2.05) is 35.9 Å². The van der Waals surface area contributed by atoms with Crippen LogP contribution in [-0.4, -0.2) is 38.3 Å². The van der Waals surface area contributed by atoms with Gasteiger partial charge in [-0.15, -0.1) is 0 Å². The molecule has 6 nitrogen and oxygen atoms in total. The Bertz CT molecular complexity index is 845. The van der Waals surface area contributed by atoms with Crippen molar-refractivity contribution >= 4 is 0 Å². The molecule has 0 aliphatic heterocycles. The largest absolute Gasteiger partial charge is 0.495 e. The third-order valence-corrected chi connectivity index (χ3v) is 3.95. The summed E-state index contributed by atoms with van der Waals surface area (Å²) in [4.78, 5) is 13.2. The first-order chi connectivity index (χ1) is 12.2. The summed E-state index contributed by atoms with van der Waals surface area (Å²) in [5.41, 5.74) is 3.94. The summed E-state index contributed by atoms with van der Waals surface area (Å²) in [7, 11) is 1.67. The smallest absolute Gasteiger partial charge is 0.143 e. The normalized spacial score (nSPS) is 10.8. The Labute approximate surface area is 147 Å². The van der Waals surface area contributed by atoms with Gasteiger partial charge in [0.25, 0.3) is 0 Å². The molecule has 0 amide bonds. The number of ether oxygens (including phenoxy) is 1. The summed E-state index contributed by atoms with van der Waals surface area (Å²) in [6.07, 6.45) is 7.62. The zero-order valence-corrected chi connectivity index (χ0v) is 14.5. The van der Waals surface area contributed by atoms with Gasteiger partial charge in [0.2, 0.25) is 0 Å². The lowest BCUT2D eigenvalue weighted by Gasteiger charge is -2.11. The number of imidazole rings is 1. The Morgan fingerprint density at radius 2 is 2.08 bits per heavy atom. The maximum atomic E-state index is 8.95. The van der Waals surface area contributed by atoms with E-state index in [0.717, 1.165) is 40.6 Å². The molecule has 0 aliphatic carbocycles. The Balaban J connectivity index is 1.81. The van der Waals surface area contributed by atoms with Gasteiger partial charge in [-0.2, -0.15) is 0 Å². The minimum absolute atomic E-state index is 0.172. The lowest BCUT2D eigenvalue weighted by molar-refractivity contribution is 0.288. The topological polar surface area (TPSA) is 73.1 Å². The third-order valence-electron chi connectivity index (χ3n) is 3.95. The fraction of sp³-hybridized carbons (Fsp3) is 0.316. The highest BCUT2D eigenvalue weighted by molar-refractivity contribution is 5.49. The SMILES string of the molecule is COc1cc(Cc2nccc(CCCO)n2)ccc1-n1cnc(C)c1. The van der Waals surface area contributed by atoms with Crippen LogP contribution in [0.4, 0.5) is 0 Å². The van der Waals surface area contributed by atoms with E-state index in [-0.39, 0.29) is 6.61 Å². The van der Waals surface area contributed by atoms with Crippen molar-refractivity contribution in [3.63, 3.8) is 0 Å². The molecule has 0 spiro atoms. The summed E-state index contributed by atoms with van der Waals surface area (Å²) in [6, 6.07) is 7.97. The van der Waals surface area contributed by atoms with E-state index in [2.05, 4.69) is 21.0 Å². The molecule has 130 valence electrons. The van der Waals surface area contributed by atoms with Gasteiger partial charge < -0.3 is 14.4 Å². The van der Waals surface area contributed by atoms with Crippen molar-refractivity contribution < 1.29 is 9.84 Å². The molecule has 0 atom stereocenters. The van der Waals surface area contributed by atoms with Crippen molar-refractivity contribution in [1.82, 2.24) is 19.5 Å². The van der Waals surface area contributed by atoms with Crippen LogP contribution in [0.3, 0.4) is 0 Å². The van der Waals surface area contributed by atoms with Gasteiger partial charge in [-0.05, 0) is 43.5 Å². The number of hydrogen-bond donors (Lipinski definition) is 1. The van der Waals surface area contributed by atoms with E-state index in [0.29, 0.717) is 12.8 Å². The fourth-order valence-corrected chi connectivity index (χ4v) is 2.71. The first kappa shape index (κ1) is 17.1. The van der Waals surface area contributed by atoms with Crippen LogP contribution in [0.15, 0.2) is 43.0 Å². The lowest BCUT2D eigenvalue weighted by Crippen LogP contribution is -2.02. The van der Waals surface area contributed by atoms with Gasteiger partial charge >= 0.3 is 0 Å². The molecule has 0 saturated heterocycles. The van der Waals surface area contributed by atoms with Crippen LogP contribution in [-0.2, 0) is 12.8 Å². The maximum absolute atomic E-state index is 8.95. The summed E-state index contributed by atoms with van der Waals surface area (Å²) in [5, 5.41) is 8.95. The van der Waals surface area contributed by atoms with E-state index in [4.69, 9.17) is 9.84 Å². The molecular weight excluding hydrogens is 316 g/mol. The van der Waals surface area contributed by atoms with Crippen molar-refractivity contribution in [2.45, 2.75) is 26.2 Å². The summed E-state index contributed by atoms with van der Waals surface area (Å²) in [6.45, 7) is 2.13. The van der Waals surface area contributed by atoms with Crippen molar-refractivity contribution in [2.24, 2.45) is 0 Å². The van der Waals surface area contributed by atoms with E-state index in [1.165, 1.54) is 0 Å². The molecule has 2 aromatic heterocycles. The Kier molecular flexibility index (Phi) is 5.40. The molecule has 0 aliphatic rings. The molecular formula is C19H22N4O2. The highest BCUT2D eigenvalue weighted by Gasteiger charge is 2.09. The Hall–Kier alpha value is -2.73. The molecule has 2 heterocycles. The fourth-order valence-electron chi connectivity index (χ4n) is 2.71. The molecule has 0 radical (unpaired) electrons. The number of nitrogens with zero attached hydrogens (tertiary/aromatic N) is 4. The number of aryl methyl sites for hydroxylation is 2. The third kappa shape index (κ3) is 4.22. The number of benzene rings is 1. The van der Waals surface area contributed by atoms with Gasteiger partial charge in [0.1, 0.15) is 11.6 Å². The molecule has 6 heteroatoms. The zero-order chi connectivity index (χ0) is 17.6. The van der Waals surface area contributed by atoms with Crippen LogP contribution in [0.2, 0.25) is 0 Å².